The van der Waals surface area contributed by atoms with Gasteiger partial charge in [0.05, 0.1) is 0 Å². The molecule has 0 saturated carbocycles. The average Bonchev–Trinajstić information content (AvgIpc) is 3.27. The topological polar surface area (TPSA) is 91.9 Å². The molecule has 3 heterocycles. The van der Waals surface area contributed by atoms with E-state index in [9.17, 15) is 4.79 Å². The summed E-state index contributed by atoms with van der Waals surface area (Å²) in [5.41, 5.74) is 1.33. The van der Waals surface area contributed by atoms with Crippen molar-refractivity contribution in [3.63, 3.8) is 0 Å². The fourth-order valence-electron chi connectivity index (χ4n) is 2.97. The van der Waals surface area contributed by atoms with E-state index in [1.54, 1.807) is 37.4 Å². The van der Waals surface area contributed by atoms with Crippen LogP contribution in [0.1, 0.15) is 23.7 Å². The van der Waals surface area contributed by atoms with Gasteiger partial charge in [0.25, 0.3) is 0 Å². The van der Waals surface area contributed by atoms with Crippen molar-refractivity contribution in [2.75, 3.05) is 18.4 Å². The summed E-state index contributed by atoms with van der Waals surface area (Å²) in [6.07, 6.45) is 2.73. The van der Waals surface area contributed by atoms with E-state index < -0.39 is 0 Å². The van der Waals surface area contributed by atoms with Gasteiger partial charge in [0.1, 0.15) is 16.9 Å². The molecule has 0 bridgehead atoms. The van der Waals surface area contributed by atoms with Gasteiger partial charge in [-0.05, 0) is 44.2 Å². The standard InChI is InChI=1S/C18H19N5O2/c1-11(24)12-2-4-14(5-3-12)25-15-7-9-20-17-16(15)18(23-22-17)21-13-6-8-19-10-13/h2-5,7,9,13,19H,6,8,10H2,1H3,(H2,20,21,22,23). The van der Waals surface area contributed by atoms with Crippen molar-refractivity contribution in [2.24, 2.45) is 0 Å². The Bertz CT molecular complexity index is 897. The van der Waals surface area contributed by atoms with Gasteiger partial charge in [0, 0.05) is 30.4 Å². The van der Waals surface area contributed by atoms with Crippen LogP contribution in [0.4, 0.5) is 5.82 Å². The molecule has 4 rings (SSSR count). The van der Waals surface area contributed by atoms with Crippen LogP contribution in [0.2, 0.25) is 0 Å². The van der Waals surface area contributed by atoms with Gasteiger partial charge < -0.3 is 15.4 Å². The molecule has 0 spiro atoms. The van der Waals surface area contributed by atoms with E-state index in [1.807, 2.05) is 6.07 Å². The van der Waals surface area contributed by atoms with Crippen molar-refractivity contribution in [1.29, 1.82) is 0 Å². The number of hydrogen-bond donors (Lipinski definition) is 3. The first kappa shape index (κ1) is 15.6. The van der Waals surface area contributed by atoms with Crippen LogP contribution in [0, 0.1) is 0 Å². The first-order valence-electron chi connectivity index (χ1n) is 8.30. The first-order chi connectivity index (χ1) is 12.2. The number of fused-ring (bicyclic) bond motifs is 1. The number of aromatic amines is 1. The second kappa shape index (κ2) is 6.52. The third-order valence-electron chi connectivity index (χ3n) is 4.31. The number of Topliss-reactive ketones (excluding diaryl/α,β-unsaturated/α-hetero) is 1. The Morgan fingerprint density at radius 3 is 2.84 bits per heavy atom. The molecule has 7 nitrogen and oxygen atoms in total. The highest BCUT2D eigenvalue weighted by Crippen LogP contribution is 2.33. The number of benzene rings is 1. The molecular weight excluding hydrogens is 318 g/mol. The van der Waals surface area contributed by atoms with Crippen molar-refractivity contribution in [2.45, 2.75) is 19.4 Å². The zero-order valence-corrected chi connectivity index (χ0v) is 13.9. The lowest BCUT2D eigenvalue weighted by molar-refractivity contribution is 0.101. The lowest BCUT2D eigenvalue weighted by Gasteiger charge is -2.12. The minimum absolute atomic E-state index is 0.0318. The van der Waals surface area contributed by atoms with Crippen LogP contribution in [-0.2, 0) is 0 Å². The monoisotopic (exact) mass is 337 g/mol. The van der Waals surface area contributed by atoms with Gasteiger partial charge in [-0.1, -0.05) is 0 Å². The maximum atomic E-state index is 11.4. The van der Waals surface area contributed by atoms with E-state index in [4.69, 9.17) is 4.74 Å². The van der Waals surface area contributed by atoms with Gasteiger partial charge in [-0.3, -0.25) is 9.89 Å². The third kappa shape index (κ3) is 3.18. The molecule has 3 N–H and O–H groups in total. The maximum Gasteiger partial charge on any atom is 0.161 e. The number of nitrogens with one attached hydrogen (secondary N) is 3. The number of aromatic nitrogens is 3. The van der Waals surface area contributed by atoms with Crippen molar-refractivity contribution >= 4 is 22.6 Å². The van der Waals surface area contributed by atoms with Crippen LogP contribution in [0.15, 0.2) is 36.5 Å². The number of pyridine rings is 1. The highest BCUT2D eigenvalue weighted by Gasteiger charge is 2.19. The molecular formula is C18H19N5O2. The summed E-state index contributed by atoms with van der Waals surface area (Å²) in [5.74, 6) is 2.10. The van der Waals surface area contributed by atoms with Gasteiger partial charge in [-0.25, -0.2) is 4.98 Å². The van der Waals surface area contributed by atoms with Crippen molar-refractivity contribution in [3.05, 3.63) is 42.1 Å². The van der Waals surface area contributed by atoms with E-state index in [0.717, 1.165) is 30.7 Å². The second-order valence-electron chi connectivity index (χ2n) is 6.12. The fourth-order valence-corrected chi connectivity index (χ4v) is 2.97. The number of hydrogen-bond acceptors (Lipinski definition) is 6. The molecule has 25 heavy (non-hydrogen) atoms. The molecule has 1 unspecified atom stereocenters. The Hall–Kier alpha value is -2.93. The average molecular weight is 337 g/mol. The number of nitrogens with zero attached hydrogens (tertiary/aromatic N) is 2. The lowest BCUT2D eigenvalue weighted by Crippen LogP contribution is -2.22. The Labute approximate surface area is 144 Å². The van der Waals surface area contributed by atoms with Crippen LogP contribution in [0.3, 0.4) is 0 Å². The Morgan fingerprint density at radius 1 is 1.28 bits per heavy atom. The number of rotatable bonds is 5. The molecule has 1 saturated heterocycles. The molecule has 128 valence electrons. The number of carbonyl (C=O) groups excluding carboxylic acids is 1. The molecule has 1 aliphatic rings. The van der Waals surface area contributed by atoms with Gasteiger partial charge in [0.2, 0.25) is 0 Å². The van der Waals surface area contributed by atoms with Crippen molar-refractivity contribution in [1.82, 2.24) is 20.5 Å². The summed E-state index contributed by atoms with van der Waals surface area (Å²) in [6.45, 7) is 3.46. The summed E-state index contributed by atoms with van der Waals surface area (Å²) in [5, 5.41) is 14.9. The van der Waals surface area contributed by atoms with Gasteiger partial charge in [0.15, 0.2) is 17.2 Å². The largest absolute Gasteiger partial charge is 0.456 e. The minimum atomic E-state index is 0.0318. The highest BCUT2D eigenvalue weighted by molar-refractivity contribution is 5.94. The molecule has 1 fully saturated rings. The van der Waals surface area contributed by atoms with Crippen LogP contribution < -0.4 is 15.4 Å². The van der Waals surface area contributed by atoms with Crippen LogP contribution >= 0.6 is 0 Å². The zero-order valence-electron chi connectivity index (χ0n) is 13.9. The molecule has 0 aliphatic carbocycles. The highest BCUT2D eigenvalue weighted by atomic mass is 16.5. The number of H-pyrrole nitrogens is 1. The molecule has 0 radical (unpaired) electrons. The van der Waals surface area contributed by atoms with Crippen LogP contribution in [-0.4, -0.2) is 40.1 Å². The minimum Gasteiger partial charge on any atom is -0.456 e. The van der Waals surface area contributed by atoms with E-state index >= 15 is 0 Å². The number of ketones is 1. The van der Waals surface area contributed by atoms with Crippen molar-refractivity contribution in [3.8, 4) is 11.5 Å². The predicted octanol–water partition coefficient (Wildman–Crippen LogP) is 2.73. The summed E-state index contributed by atoms with van der Waals surface area (Å²) in [6, 6.07) is 9.25. The SMILES string of the molecule is CC(=O)c1ccc(Oc2ccnc3[nH]nc(NC4CCNC4)c23)cc1. The number of anilines is 1. The number of ether oxygens (including phenoxy) is 1. The van der Waals surface area contributed by atoms with E-state index in [0.29, 0.717) is 28.8 Å². The van der Waals surface area contributed by atoms with Gasteiger partial charge >= 0.3 is 0 Å². The molecule has 0 amide bonds. The van der Waals surface area contributed by atoms with Gasteiger partial charge in [-0.2, -0.15) is 5.10 Å². The summed E-state index contributed by atoms with van der Waals surface area (Å²) >= 11 is 0. The second-order valence-corrected chi connectivity index (χ2v) is 6.12. The Balaban J connectivity index is 1.64. The number of carbonyl (C=O) groups is 1. The van der Waals surface area contributed by atoms with Crippen molar-refractivity contribution < 1.29 is 9.53 Å². The normalized spacial score (nSPS) is 16.9. The first-order valence-corrected chi connectivity index (χ1v) is 8.30. The van der Waals surface area contributed by atoms with Crippen LogP contribution in [0.5, 0.6) is 11.5 Å². The lowest BCUT2D eigenvalue weighted by atomic mass is 10.1. The molecule has 1 aromatic carbocycles. The molecule has 7 heteroatoms. The Morgan fingerprint density at radius 2 is 2.12 bits per heavy atom. The van der Waals surface area contributed by atoms with E-state index in [-0.39, 0.29) is 5.78 Å². The van der Waals surface area contributed by atoms with Crippen LogP contribution in [0.25, 0.3) is 11.0 Å². The Kier molecular flexibility index (Phi) is 4.07. The quantitative estimate of drug-likeness (QED) is 0.620. The maximum absolute atomic E-state index is 11.4. The molecule has 3 aromatic rings. The smallest absolute Gasteiger partial charge is 0.161 e. The molecule has 1 atom stereocenters. The van der Waals surface area contributed by atoms with E-state index in [2.05, 4.69) is 25.8 Å². The van der Waals surface area contributed by atoms with E-state index in [1.165, 1.54) is 0 Å². The summed E-state index contributed by atoms with van der Waals surface area (Å²) in [7, 11) is 0. The third-order valence-corrected chi connectivity index (χ3v) is 4.31. The summed E-state index contributed by atoms with van der Waals surface area (Å²) < 4.78 is 6.02. The van der Waals surface area contributed by atoms with Gasteiger partial charge in [-0.15, -0.1) is 0 Å². The molecule has 1 aliphatic heterocycles. The summed E-state index contributed by atoms with van der Waals surface area (Å²) in [4.78, 5) is 15.7. The molecule has 2 aromatic heterocycles. The zero-order chi connectivity index (χ0) is 17.2. The predicted molar refractivity (Wildman–Crippen MR) is 95.3 cm³/mol. The fraction of sp³-hybridized carbons (Fsp3) is 0.278.